The normalized spacial score (nSPS) is 12.1. The second kappa shape index (κ2) is 9.38. The van der Waals surface area contributed by atoms with Crippen molar-refractivity contribution >= 4 is 11.8 Å². The Balaban J connectivity index is 1.88. The molecular formula is C21H23F2N5O. The van der Waals surface area contributed by atoms with Crippen LogP contribution in [-0.4, -0.2) is 32.7 Å². The van der Waals surface area contributed by atoms with E-state index in [1.807, 2.05) is 26.0 Å². The van der Waals surface area contributed by atoms with Crippen molar-refractivity contribution in [2.24, 2.45) is 5.92 Å². The molecule has 0 bridgehead atoms. The zero-order valence-electron chi connectivity index (χ0n) is 16.2. The van der Waals surface area contributed by atoms with Crippen LogP contribution < -0.4 is 10.6 Å². The molecule has 0 aliphatic heterocycles. The van der Waals surface area contributed by atoms with E-state index in [0.29, 0.717) is 23.0 Å². The molecule has 0 radical (unpaired) electrons. The highest BCUT2D eigenvalue weighted by molar-refractivity contribution is 5.63. The third kappa shape index (κ3) is 5.45. The van der Waals surface area contributed by atoms with Gasteiger partial charge in [0, 0.05) is 30.6 Å². The van der Waals surface area contributed by atoms with Crippen LogP contribution in [0.4, 0.5) is 20.5 Å². The van der Waals surface area contributed by atoms with E-state index in [-0.39, 0.29) is 25.1 Å². The number of nitrogens with zero attached hydrogens (tertiary/aromatic N) is 3. The molecular weight excluding hydrogens is 376 g/mol. The molecule has 0 saturated heterocycles. The first-order chi connectivity index (χ1) is 14.0. The molecule has 0 aliphatic carbocycles. The highest BCUT2D eigenvalue weighted by Gasteiger charge is 2.15. The van der Waals surface area contributed by atoms with Crippen molar-refractivity contribution in [1.82, 2.24) is 15.0 Å². The summed E-state index contributed by atoms with van der Waals surface area (Å²) < 4.78 is 26.6. The Morgan fingerprint density at radius 3 is 2.55 bits per heavy atom. The molecule has 0 fully saturated rings. The molecule has 1 aromatic carbocycles. The van der Waals surface area contributed by atoms with Gasteiger partial charge in [-0.15, -0.1) is 0 Å². The van der Waals surface area contributed by atoms with Crippen LogP contribution >= 0.6 is 0 Å². The number of benzene rings is 1. The Labute approximate surface area is 168 Å². The molecule has 29 heavy (non-hydrogen) atoms. The number of nitrogens with one attached hydrogen (secondary N) is 2. The fourth-order valence-electron chi connectivity index (χ4n) is 2.70. The predicted molar refractivity (Wildman–Crippen MR) is 108 cm³/mol. The molecule has 2 aromatic heterocycles. The summed E-state index contributed by atoms with van der Waals surface area (Å²) in [5.74, 6) is -0.749. The molecule has 0 saturated carbocycles. The average Bonchev–Trinajstić information content (AvgIpc) is 2.73. The number of halogens is 2. The molecule has 0 aliphatic rings. The third-order valence-corrected chi connectivity index (χ3v) is 4.46. The van der Waals surface area contributed by atoms with E-state index in [9.17, 15) is 13.9 Å². The molecule has 3 N–H and O–H groups in total. The fourth-order valence-corrected chi connectivity index (χ4v) is 2.70. The van der Waals surface area contributed by atoms with Crippen molar-refractivity contribution < 1.29 is 13.9 Å². The maximum atomic E-state index is 13.4. The second-order valence-corrected chi connectivity index (χ2v) is 6.98. The van der Waals surface area contributed by atoms with Crippen LogP contribution in [0.25, 0.3) is 11.3 Å². The number of aliphatic hydroxyl groups excluding tert-OH is 1. The Hall–Kier alpha value is -3.13. The molecule has 0 amide bonds. The van der Waals surface area contributed by atoms with Gasteiger partial charge in [0.1, 0.15) is 5.82 Å². The van der Waals surface area contributed by atoms with E-state index in [0.717, 1.165) is 17.7 Å². The molecule has 0 unspecified atom stereocenters. The molecule has 2 heterocycles. The minimum absolute atomic E-state index is 0.0598. The largest absolute Gasteiger partial charge is 0.394 e. The van der Waals surface area contributed by atoms with Gasteiger partial charge in [0.05, 0.1) is 18.3 Å². The molecule has 6 nitrogen and oxygen atoms in total. The van der Waals surface area contributed by atoms with Gasteiger partial charge < -0.3 is 15.7 Å². The first-order valence-corrected chi connectivity index (χ1v) is 9.31. The summed E-state index contributed by atoms with van der Waals surface area (Å²) in [5.41, 5.74) is 2.03. The Morgan fingerprint density at radius 2 is 1.90 bits per heavy atom. The lowest BCUT2D eigenvalue weighted by Crippen LogP contribution is -2.30. The van der Waals surface area contributed by atoms with E-state index in [1.165, 1.54) is 6.07 Å². The van der Waals surface area contributed by atoms with Crippen LogP contribution in [0, 0.1) is 17.6 Å². The van der Waals surface area contributed by atoms with Crippen LogP contribution in [0.3, 0.4) is 0 Å². The van der Waals surface area contributed by atoms with Gasteiger partial charge >= 0.3 is 0 Å². The lowest BCUT2D eigenvalue weighted by molar-refractivity contribution is 0.248. The standard InChI is InChI=1S/C21H23F2N5O/c1-13(2)19(12-29)27-21-26-18(15-4-3-7-24-11-15)9-20(28-21)25-10-14-5-6-16(22)17(23)8-14/h3-9,11,13,19,29H,10,12H2,1-2H3,(H2,25,26,27,28)/t19-/m1/s1. The minimum atomic E-state index is -0.895. The summed E-state index contributed by atoms with van der Waals surface area (Å²) in [6.07, 6.45) is 3.36. The van der Waals surface area contributed by atoms with Crippen molar-refractivity contribution in [3.8, 4) is 11.3 Å². The fraction of sp³-hybridized carbons (Fsp3) is 0.286. The minimum Gasteiger partial charge on any atom is -0.394 e. The smallest absolute Gasteiger partial charge is 0.225 e. The van der Waals surface area contributed by atoms with Crippen LogP contribution in [0.1, 0.15) is 19.4 Å². The zero-order valence-corrected chi connectivity index (χ0v) is 16.2. The Kier molecular flexibility index (Phi) is 6.66. The lowest BCUT2D eigenvalue weighted by atomic mass is 10.1. The SMILES string of the molecule is CC(C)[C@@H](CO)Nc1nc(NCc2ccc(F)c(F)c2)cc(-c2cccnc2)n1. The number of rotatable bonds is 8. The lowest BCUT2D eigenvalue weighted by Gasteiger charge is -2.20. The van der Waals surface area contributed by atoms with Crippen molar-refractivity contribution in [3.05, 3.63) is 66.0 Å². The first kappa shape index (κ1) is 20.6. The molecule has 3 aromatic rings. The molecule has 0 spiro atoms. The van der Waals surface area contributed by atoms with Gasteiger partial charge in [-0.25, -0.2) is 13.8 Å². The highest BCUT2D eigenvalue weighted by atomic mass is 19.2. The number of aromatic nitrogens is 3. The Bertz CT molecular complexity index is 953. The van der Waals surface area contributed by atoms with Crippen molar-refractivity contribution in [2.75, 3.05) is 17.2 Å². The molecule has 152 valence electrons. The van der Waals surface area contributed by atoms with Crippen molar-refractivity contribution in [2.45, 2.75) is 26.4 Å². The maximum Gasteiger partial charge on any atom is 0.225 e. The number of aliphatic hydroxyl groups is 1. The van der Waals surface area contributed by atoms with Crippen molar-refractivity contribution in [3.63, 3.8) is 0 Å². The summed E-state index contributed by atoms with van der Waals surface area (Å²) in [7, 11) is 0. The summed E-state index contributed by atoms with van der Waals surface area (Å²) in [6, 6.07) is 8.98. The Morgan fingerprint density at radius 1 is 1.07 bits per heavy atom. The summed E-state index contributed by atoms with van der Waals surface area (Å²) in [4.78, 5) is 13.1. The number of pyridine rings is 1. The zero-order chi connectivity index (χ0) is 20.8. The highest BCUT2D eigenvalue weighted by Crippen LogP contribution is 2.22. The summed E-state index contributed by atoms with van der Waals surface area (Å²) >= 11 is 0. The van der Waals surface area contributed by atoms with Gasteiger partial charge in [-0.1, -0.05) is 19.9 Å². The van der Waals surface area contributed by atoms with Crippen LogP contribution in [0.15, 0.2) is 48.8 Å². The summed E-state index contributed by atoms with van der Waals surface area (Å²) in [6.45, 7) is 4.17. The molecule has 1 atom stereocenters. The van der Waals surface area contributed by atoms with E-state index >= 15 is 0 Å². The monoisotopic (exact) mass is 399 g/mol. The van der Waals surface area contributed by atoms with Crippen molar-refractivity contribution in [1.29, 1.82) is 0 Å². The van der Waals surface area contributed by atoms with E-state index < -0.39 is 11.6 Å². The average molecular weight is 399 g/mol. The first-order valence-electron chi connectivity index (χ1n) is 9.31. The van der Waals surface area contributed by atoms with Gasteiger partial charge in [0.15, 0.2) is 11.6 Å². The van der Waals surface area contributed by atoms with E-state index in [4.69, 9.17) is 0 Å². The van der Waals surface area contributed by atoms with Gasteiger partial charge in [-0.3, -0.25) is 4.98 Å². The van der Waals surface area contributed by atoms with Crippen LogP contribution in [0.2, 0.25) is 0 Å². The van der Waals surface area contributed by atoms with Gasteiger partial charge in [-0.05, 0) is 35.7 Å². The van der Waals surface area contributed by atoms with Crippen LogP contribution in [0.5, 0.6) is 0 Å². The third-order valence-electron chi connectivity index (χ3n) is 4.46. The second-order valence-electron chi connectivity index (χ2n) is 6.98. The number of hydrogen-bond donors (Lipinski definition) is 3. The topological polar surface area (TPSA) is 83.0 Å². The van der Waals surface area contributed by atoms with Crippen LogP contribution in [-0.2, 0) is 6.54 Å². The number of anilines is 2. The molecule has 3 rings (SSSR count). The van der Waals surface area contributed by atoms with Gasteiger partial charge in [0.25, 0.3) is 0 Å². The van der Waals surface area contributed by atoms with Gasteiger partial charge in [-0.2, -0.15) is 4.98 Å². The molecule has 8 heteroatoms. The maximum absolute atomic E-state index is 13.4. The predicted octanol–water partition coefficient (Wildman–Crippen LogP) is 3.86. The van der Waals surface area contributed by atoms with E-state index in [1.54, 1.807) is 18.5 Å². The van der Waals surface area contributed by atoms with Gasteiger partial charge in [0.2, 0.25) is 5.95 Å². The van der Waals surface area contributed by atoms with E-state index in [2.05, 4.69) is 25.6 Å². The quantitative estimate of drug-likeness (QED) is 0.534. The summed E-state index contributed by atoms with van der Waals surface area (Å²) in [5, 5.41) is 15.9. The number of hydrogen-bond acceptors (Lipinski definition) is 6.